The topological polar surface area (TPSA) is 41.6 Å². The predicted octanol–water partition coefficient (Wildman–Crippen LogP) is 3.53. The molecule has 1 saturated heterocycles. The standard InChI is InChI=1S/C20H29BrN2O2/c21-18-6-4-5-17(15-18)7-8-19(24)22-16-20(9-2-1-3-10-20)23-11-13-25-14-12-23/h4-6,15H,1-3,7-14,16H2,(H,22,24). The number of benzene rings is 1. The molecule has 0 spiro atoms. The largest absolute Gasteiger partial charge is 0.379 e. The van der Waals surface area contributed by atoms with E-state index in [0.29, 0.717) is 6.42 Å². The molecule has 1 N–H and O–H groups in total. The van der Waals surface area contributed by atoms with E-state index in [4.69, 9.17) is 4.74 Å². The summed E-state index contributed by atoms with van der Waals surface area (Å²) in [6.45, 7) is 4.41. The van der Waals surface area contributed by atoms with E-state index < -0.39 is 0 Å². The average Bonchev–Trinajstić information content (AvgIpc) is 2.66. The second-order valence-corrected chi connectivity index (χ2v) is 8.21. The Morgan fingerprint density at radius 1 is 1.20 bits per heavy atom. The quantitative estimate of drug-likeness (QED) is 0.782. The fourth-order valence-corrected chi connectivity index (χ4v) is 4.60. The van der Waals surface area contributed by atoms with Crippen molar-refractivity contribution >= 4 is 21.8 Å². The Balaban J connectivity index is 1.52. The first-order valence-corrected chi connectivity index (χ1v) is 10.3. The second-order valence-electron chi connectivity index (χ2n) is 7.29. The van der Waals surface area contributed by atoms with E-state index in [1.165, 1.54) is 37.7 Å². The van der Waals surface area contributed by atoms with Crippen LogP contribution in [0.5, 0.6) is 0 Å². The summed E-state index contributed by atoms with van der Waals surface area (Å²) in [7, 11) is 0. The van der Waals surface area contributed by atoms with Crippen molar-refractivity contribution in [3.8, 4) is 0 Å². The molecule has 0 atom stereocenters. The van der Waals surface area contributed by atoms with E-state index in [1.807, 2.05) is 12.1 Å². The molecule has 4 nitrogen and oxygen atoms in total. The van der Waals surface area contributed by atoms with Crippen LogP contribution in [0.15, 0.2) is 28.7 Å². The van der Waals surface area contributed by atoms with E-state index in [-0.39, 0.29) is 11.4 Å². The maximum absolute atomic E-state index is 12.4. The van der Waals surface area contributed by atoms with Gasteiger partial charge in [0.25, 0.3) is 0 Å². The molecular formula is C20H29BrN2O2. The lowest BCUT2D eigenvalue weighted by Crippen LogP contribution is -2.59. The van der Waals surface area contributed by atoms with Crippen molar-refractivity contribution in [3.63, 3.8) is 0 Å². The Labute approximate surface area is 159 Å². The number of hydrogen-bond donors (Lipinski definition) is 1. The molecule has 5 heteroatoms. The van der Waals surface area contributed by atoms with Gasteiger partial charge < -0.3 is 10.1 Å². The molecule has 2 fully saturated rings. The zero-order chi connectivity index (χ0) is 17.5. The minimum atomic E-state index is 0.146. The number of amides is 1. The van der Waals surface area contributed by atoms with Crippen LogP contribution in [0.1, 0.15) is 44.1 Å². The minimum Gasteiger partial charge on any atom is -0.379 e. The predicted molar refractivity (Wildman–Crippen MR) is 104 cm³/mol. The van der Waals surface area contributed by atoms with Crippen molar-refractivity contribution in [2.45, 2.75) is 50.5 Å². The molecule has 1 aromatic carbocycles. The summed E-state index contributed by atoms with van der Waals surface area (Å²) in [5.74, 6) is 0.165. The highest BCUT2D eigenvalue weighted by atomic mass is 79.9. The molecule has 1 aliphatic heterocycles. The fraction of sp³-hybridized carbons (Fsp3) is 0.650. The van der Waals surface area contributed by atoms with E-state index in [1.54, 1.807) is 0 Å². The number of morpholine rings is 1. The second kappa shape index (κ2) is 9.15. The summed E-state index contributed by atoms with van der Waals surface area (Å²) >= 11 is 3.49. The number of carbonyl (C=O) groups is 1. The first-order valence-electron chi connectivity index (χ1n) is 9.52. The zero-order valence-corrected chi connectivity index (χ0v) is 16.5. The van der Waals surface area contributed by atoms with Gasteiger partial charge in [-0.3, -0.25) is 9.69 Å². The number of halogens is 1. The van der Waals surface area contributed by atoms with Crippen LogP contribution in [-0.2, 0) is 16.0 Å². The zero-order valence-electron chi connectivity index (χ0n) is 14.9. The van der Waals surface area contributed by atoms with Crippen molar-refractivity contribution < 1.29 is 9.53 Å². The lowest BCUT2D eigenvalue weighted by atomic mass is 9.79. The maximum atomic E-state index is 12.4. The number of aryl methyl sites for hydroxylation is 1. The third-order valence-electron chi connectivity index (χ3n) is 5.61. The Morgan fingerprint density at radius 2 is 1.96 bits per heavy atom. The van der Waals surface area contributed by atoms with Crippen LogP contribution in [0, 0.1) is 0 Å². The monoisotopic (exact) mass is 408 g/mol. The number of ether oxygens (including phenoxy) is 1. The van der Waals surface area contributed by atoms with Crippen molar-refractivity contribution in [1.82, 2.24) is 10.2 Å². The van der Waals surface area contributed by atoms with Gasteiger partial charge in [0.05, 0.1) is 13.2 Å². The molecule has 1 heterocycles. The van der Waals surface area contributed by atoms with Gasteiger partial charge in [-0.1, -0.05) is 47.3 Å². The van der Waals surface area contributed by atoms with Gasteiger partial charge in [-0.2, -0.15) is 0 Å². The number of hydrogen-bond acceptors (Lipinski definition) is 3. The van der Waals surface area contributed by atoms with Crippen LogP contribution in [0.25, 0.3) is 0 Å². The summed E-state index contributed by atoms with van der Waals surface area (Å²) in [6, 6.07) is 8.20. The Hall–Kier alpha value is -0.910. The third kappa shape index (κ3) is 5.28. The lowest BCUT2D eigenvalue weighted by molar-refractivity contribution is -0.122. The molecule has 0 unspecified atom stereocenters. The van der Waals surface area contributed by atoms with Gasteiger partial charge in [0.1, 0.15) is 0 Å². The van der Waals surface area contributed by atoms with E-state index in [2.05, 4.69) is 38.3 Å². The normalized spacial score (nSPS) is 21.0. The van der Waals surface area contributed by atoms with Crippen LogP contribution >= 0.6 is 15.9 Å². The smallest absolute Gasteiger partial charge is 0.220 e. The first kappa shape index (κ1) is 18.9. The molecule has 3 rings (SSSR count). The lowest BCUT2D eigenvalue weighted by Gasteiger charge is -2.48. The van der Waals surface area contributed by atoms with Crippen LogP contribution in [0.3, 0.4) is 0 Å². The van der Waals surface area contributed by atoms with Gasteiger partial charge in [-0.25, -0.2) is 0 Å². The summed E-state index contributed by atoms with van der Waals surface area (Å²) in [6.07, 6.45) is 7.59. The van der Waals surface area contributed by atoms with Crippen molar-refractivity contribution in [1.29, 1.82) is 0 Å². The van der Waals surface area contributed by atoms with Gasteiger partial charge in [0.15, 0.2) is 0 Å². The first-order chi connectivity index (χ1) is 12.2. The Morgan fingerprint density at radius 3 is 2.68 bits per heavy atom. The molecule has 1 saturated carbocycles. The van der Waals surface area contributed by atoms with Gasteiger partial charge in [-0.15, -0.1) is 0 Å². The van der Waals surface area contributed by atoms with E-state index in [9.17, 15) is 4.79 Å². The van der Waals surface area contributed by atoms with Crippen molar-refractivity contribution in [2.75, 3.05) is 32.8 Å². The fourth-order valence-electron chi connectivity index (χ4n) is 4.15. The number of nitrogens with one attached hydrogen (secondary N) is 1. The molecule has 0 bridgehead atoms. The average molecular weight is 409 g/mol. The van der Waals surface area contributed by atoms with Gasteiger partial charge in [-0.05, 0) is 37.0 Å². The maximum Gasteiger partial charge on any atom is 0.220 e. The number of rotatable bonds is 6. The highest BCUT2D eigenvalue weighted by molar-refractivity contribution is 9.10. The van der Waals surface area contributed by atoms with Gasteiger partial charge >= 0.3 is 0 Å². The van der Waals surface area contributed by atoms with Crippen LogP contribution < -0.4 is 5.32 Å². The molecule has 0 radical (unpaired) electrons. The van der Waals surface area contributed by atoms with Crippen LogP contribution in [0.2, 0.25) is 0 Å². The summed E-state index contributed by atoms with van der Waals surface area (Å²) in [4.78, 5) is 15.0. The van der Waals surface area contributed by atoms with Crippen molar-refractivity contribution in [3.05, 3.63) is 34.3 Å². The molecular weight excluding hydrogens is 380 g/mol. The van der Waals surface area contributed by atoms with E-state index >= 15 is 0 Å². The summed E-state index contributed by atoms with van der Waals surface area (Å²) in [5, 5.41) is 3.24. The van der Waals surface area contributed by atoms with Gasteiger partial charge in [0.2, 0.25) is 5.91 Å². The number of carbonyl (C=O) groups excluding carboxylic acids is 1. The van der Waals surface area contributed by atoms with Crippen LogP contribution in [-0.4, -0.2) is 49.2 Å². The SMILES string of the molecule is O=C(CCc1cccc(Br)c1)NCC1(N2CCOCC2)CCCCC1. The Bertz CT molecular complexity index is 567. The van der Waals surface area contributed by atoms with E-state index in [0.717, 1.165) is 43.7 Å². The highest BCUT2D eigenvalue weighted by Gasteiger charge is 2.38. The molecule has 0 aromatic heterocycles. The molecule has 2 aliphatic rings. The Kier molecular flexibility index (Phi) is 6.91. The number of nitrogens with zero attached hydrogens (tertiary/aromatic N) is 1. The molecule has 1 aliphatic carbocycles. The third-order valence-corrected chi connectivity index (χ3v) is 6.10. The summed E-state index contributed by atoms with van der Waals surface area (Å²) < 4.78 is 6.59. The van der Waals surface area contributed by atoms with Crippen molar-refractivity contribution in [2.24, 2.45) is 0 Å². The highest BCUT2D eigenvalue weighted by Crippen LogP contribution is 2.33. The van der Waals surface area contributed by atoms with Gasteiger partial charge in [0, 0.05) is 36.1 Å². The molecule has 138 valence electrons. The molecule has 25 heavy (non-hydrogen) atoms. The molecule has 1 amide bonds. The molecule has 1 aromatic rings. The minimum absolute atomic E-state index is 0.146. The van der Waals surface area contributed by atoms with Crippen LogP contribution in [0.4, 0.5) is 0 Å². The summed E-state index contributed by atoms with van der Waals surface area (Å²) in [5.41, 5.74) is 1.35.